The number of nitrogens with one attached hydrogen (secondary N) is 3. The van der Waals surface area contributed by atoms with Crippen LogP contribution in [0.3, 0.4) is 0 Å². The third kappa shape index (κ3) is 7.19. The van der Waals surface area contributed by atoms with Gasteiger partial charge >= 0.3 is 0 Å². The van der Waals surface area contributed by atoms with E-state index in [4.69, 9.17) is 19.9 Å². The highest BCUT2D eigenvalue weighted by Gasteiger charge is 2.11. The van der Waals surface area contributed by atoms with Crippen LogP contribution in [0.4, 0.5) is 40.9 Å². The maximum absolute atomic E-state index is 6.08. The molecule has 4 aromatic carbocycles. The van der Waals surface area contributed by atoms with Crippen molar-refractivity contribution >= 4 is 40.9 Å². The molecular weight excluding hydrogens is 582 g/mol. The molecule has 0 unspecified atom stereocenters. The molecule has 0 aliphatic rings. The molecule has 0 saturated heterocycles. The average Bonchev–Trinajstić information content (AvgIpc) is 3.09. The summed E-state index contributed by atoms with van der Waals surface area (Å²) in [6.45, 7) is 0. The van der Waals surface area contributed by atoms with Crippen molar-refractivity contribution in [2.45, 2.75) is 0 Å². The fraction of sp³-hybridized carbons (Fsp3) is 0.0882. The number of hydrogen-bond acceptors (Lipinski definition) is 12. The molecule has 230 valence electrons. The first kappa shape index (κ1) is 29.6. The predicted molar refractivity (Wildman–Crippen MR) is 180 cm³/mol. The molecule has 12 heteroatoms. The molecule has 0 spiro atoms. The quantitative estimate of drug-likeness (QED) is 0.121. The lowest BCUT2D eigenvalue weighted by atomic mass is 10.1. The zero-order valence-corrected chi connectivity index (χ0v) is 25.4. The van der Waals surface area contributed by atoms with Crippen LogP contribution in [-0.4, -0.2) is 46.2 Å². The second-order valence-corrected chi connectivity index (χ2v) is 9.94. The number of methoxy groups -OCH3 is 3. The van der Waals surface area contributed by atoms with Gasteiger partial charge in [-0.2, -0.15) is 15.0 Å². The Morgan fingerprint density at radius 3 is 1.09 bits per heavy atom. The van der Waals surface area contributed by atoms with E-state index in [-0.39, 0.29) is 5.95 Å². The molecule has 46 heavy (non-hydrogen) atoms. The van der Waals surface area contributed by atoms with Crippen LogP contribution in [0.2, 0.25) is 0 Å². The highest BCUT2D eigenvalue weighted by Crippen LogP contribution is 2.28. The summed E-state index contributed by atoms with van der Waals surface area (Å²) in [5.74, 6) is 3.47. The van der Waals surface area contributed by atoms with Gasteiger partial charge < -0.3 is 35.9 Å². The first-order valence-electron chi connectivity index (χ1n) is 14.2. The molecule has 5 N–H and O–H groups in total. The third-order valence-electron chi connectivity index (χ3n) is 6.89. The van der Waals surface area contributed by atoms with Crippen molar-refractivity contribution < 1.29 is 14.2 Å². The topological polar surface area (TPSA) is 154 Å². The molecule has 0 aliphatic carbocycles. The highest BCUT2D eigenvalue weighted by molar-refractivity contribution is 5.71. The minimum absolute atomic E-state index is 0.185. The molecule has 0 amide bonds. The number of nitrogens with two attached hydrogens (primary N) is 1. The lowest BCUT2D eigenvalue weighted by Gasteiger charge is -2.12. The first-order valence-corrected chi connectivity index (χ1v) is 14.2. The normalized spacial score (nSPS) is 10.6. The summed E-state index contributed by atoms with van der Waals surface area (Å²) in [5.41, 5.74) is 11.6. The van der Waals surface area contributed by atoms with E-state index in [0.717, 1.165) is 45.4 Å². The lowest BCUT2D eigenvalue weighted by molar-refractivity contribution is 0.415. The van der Waals surface area contributed by atoms with E-state index in [2.05, 4.69) is 40.9 Å². The Labute approximate surface area is 265 Å². The lowest BCUT2D eigenvalue weighted by Crippen LogP contribution is -2.07. The molecule has 0 fully saturated rings. The predicted octanol–water partition coefficient (Wildman–Crippen LogP) is 6.83. The maximum Gasteiger partial charge on any atom is 0.233 e. The number of anilines is 7. The Bertz CT molecular complexity index is 1850. The van der Waals surface area contributed by atoms with Gasteiger partial charge in [-0.1, -0.05) is 12.1 Å². The summed E-state index contributed by atoms with van der Waals surface area (Å²) < 4.78 is 15.8. The van der Waals surface area contributed by atoms with E-state index >= 15 is 0 Å². The molecule has 0 saturated carbocycles. The smallest absolute Gasteiger partial charge is 0.233 e. The van der Waals surface area contributed by atoms with Crippen LogP contribution in [0.15, 0.2) is 103 Å². The van der Waals surface area contributed by atoms with Crippen LogP contribution in [0.5, 0.6) is 17.2 Å². The van der Waals surface area contributed by atoms with Crippen molar-refractivity contribution in [3.05, 3.63) is 103 Å². The molecule has 0 aliphatic heterocycles. The average molecular weight is 614 g/mol. The standard InChI is InChI=1S/C34H31N9O3/c1-44-26-14-6-22(7-15-26)30-20-29(39-31(35)40-30)21-4-8-23(9-5-21)36-32-41-33(37-24-10-16-27(45-2)17-11-24)43-34(42-32)38-25-12-18-28(46-3)19-13-25/h4-20H,1-3H3,(H2,35,39,40)(H3,36,37,38,41,42,43). The molecule has 0 atom stereocenters. The van der Waals surface area contributed by atoms with Gasteiger partial charge in [0.1, 0.15) is 17.2 Å². The van der Waals surface area contributed by atoms with Gasteiger partial charge in [0.05, 0.1) is 32.7 Å². The Balaban J connectivity index is 1.25. The molecule has 2 heterocycles. The van der Waals surface area contributed by atoms with E-state index < -0.39 is 0 Å². The van der Waals surface area contributed by atoms with Gasteiger partial charge in [0.25, 0.3) is 0 Å². The zero-order chi connectivity index (χ0) is 31.9. The first-order chi connectivity index (χ1) is 22.5. The molecular formula is C34H31N9O3. The zero-order valence-electron chi connectivity index (χ0n) is 25.4. The SMILES string of the molecule is COc1ccc(Nc2nc(Nc3ccc(OC)cc3)nc(Nc3ccc(-c4cc(-c5ccc(OC)cc5)nc(N)n4)cc3)n2)cc1. The summed E-state index contributed by atoms with van der Waals surface area (Å²) in [7, 11) is 4.88. The monoisotopic (exact) mass is 613 g/mol. The Morgan fingerprint density at radius 2 is 0.739 bits per heavy atom. The number of nitrogens with zero attached hydrogens (tertiary/aromatic N) is 5. The van der Waals surface area contributed by atoms with E-state index in [1.807, 2.05) is 103 Å². The minimum atomic E-state index is 0.185. The Hall–Kier alpha value is -6.43. The van der Waals surface area contributed by atoms with E-state index in [0.29, 0.717) is 29.2 Å². The molecule has 6 aromatic rings. The van der Waals surface area contributed by atoms with Gasteiger partial charge in [0.15, 0.2) is 0 Å². The summed E-state index contributed by atoms with van der Waals surface area (Å²) in [6, 6.07) is 32.2. The van der Waals surface area contributed by atoms with Crippen LogP contribution in [0.1, 0.15) is 0 Å². The van der Waals surface area contributed by atoms with E-state index in [9.17, 15) is 0 Å². The van der Waals surface area contributed by atoms with Crippen LogP contribution in [-0.2, 0) is 0 Å². The summed E-state index contributed by atoms with van der Waals surface area (Å²) >= 11 is 0. The summed E-state index contributed by atoms with van der Waals surface area (Å²) in [6.07, 6.45) is 0. The maximum atomic E-state index is 6.08. The van der Waals surface area contributed by atoms with Gasteiger partial charge in [-0.3, -0.25) is 0 Å². The van der Waals surface area contributed by atoms with Crippen molar-refractivity contribution in [3.63, 3.8) is 0 Å². The molecule has 0 radical (unpaired) electrons. The molecule has 0 bridgehead atoms. The van der Waals surface area contributed by atoms with Crippen LogP contribution in [0.25, 0.3) is 22.5 Å². The molecule has 2 aromatic heterocycles. The van der Waals surface area contributed by atoms with E-state index in [1.165, 1.54) is 0 Å². The second-order valence-electron chi connectivity index (χ2n) is 9.94. The fourth-order valence-electron chi connectivity index (χ4n) is 4.53. The van der Waals surface area contributed by atoms with Gasteiger partial charge in [-0.05, 0) is 91.0 Å². The summed E-state index contributed by atoms with van der Waals surface area (Å²) in [5, 5.41) is 9.75. The number of aromatic nitrogens is 5. The van der Waals surface area contributed by atoms with Gasteiger partial charge in [0.2, 0.25) is 23.8 Å². The second kappa shape index (κ2) is 13.5. The number of nitrogen functional groups attached to an aromatic ring is 1. The third-order valence-corrected chi connectivity index (χ3v) is 6.89. The fourth-order valence-corrected chi connectivity index (χ4v) is 4.53. The minimum Gasteiger partial charge on any atom is -0.497 e. The number of benzene rings is 4. The molecule has 6 rings (SSSR count). The van der Waals surface area contributed by atoms with Gasteiger partial charge in [-0.15, -0.1) is 0 Å². The number of hydrogen-bond donors (Lipinski definition) is 4. The Kier molecular flexibility index (Phi) is 8.68. The van der Waals surface area contributed by atoms with Crippen molar-refractivity contribution in [2.75, 3.05) is 43.0 Å². The van der Waals surface area contributed by atoms with Crippen molar-refractivity contribution in [2.24, 2.45) is 0 Å². The van der Waals surface area contributed by atoms with Crippen LogP contribution >= 0.6 is 0 Å². The number of rotatable bonds is 11. The van der Waals surface area contributed by atoms with Crippen LogP contribution < -0.4 is 35.9 Å². The largest absolute Gasteiger partial charge is 0.497 e. The van der Waals surface area contributed by atoms with E-state index in [1.54, 1.807) is 21.3 Å². The molecule has 12 nitrogen and oxygen atoms in total. The Morgan fingerprint density at radius 1 is 0.435 bits per heavy atom. The summed E-state index contributed by atoms with van der Waals surface area (Å²) in [4.78, 5) is 22.7. The van der Waals surface area contributed by atoms with Crippen molar-refractivity contribution in [1.82, 2.24) is 24.9 Å². The number of ether oxygens (including phenoxy) is 3. The van der Waals surface area contributed by atoms with Crippen LogP contribution in [0, 0.1) is 0 Å². The highest BCUT2D eigenvalue weighted by atomic mass is 16.5. The van der Waals surface area contributed by atoms with Crippen molar-refractivity contribution in [3.8, 4) is 39.8 Å². The van der Waals surface area contributed by atoms with Gasteiger partial charge in [0, 0.05) is 28.2 Å². The van der Waals surface area contributed by atoms with Gasteiger partial charge in [-0.25, -0.2) is 9.97 Å². The van der Waals surface area contributed by atoms with Crippen molar-refractivity contribution in [1.29, 1.82) is 0 Å².